The molecule has 0 nitrogen and oxygen atoms in total. The van der Waals surface area contributed by atoms with Crippen molar-refractivity contribution in [1.29, 1.82) is 0 Å². The minimum atomic E-state index is 0.736. The van der Waals surface area contributed by atoms with E-state index in [9.17, 15) is 0 Å². The Bertz CT molecular complexity index is 639. The Kier molecular flexibility index (Phi) is 6.01. The molecule has 0 atom stereocenters. The Morgan fingerprint density at radius 3 is 1.48 bits per heavy atom. The number of hydrogen-bond donors (Lipinski definition) is 0. The fraction of sp³-hybridized carbons (Fsp3) is 0.143. The van der Waals surface area contributed by atoms with Crippen molar-refractivity contribution in [1.82, 2.24) is 0 Å². The van der Waals surface area contributed by atoms with Crippen molar-refractivity contribution in [2.45, 2.75) is 18.0 Å². The van der Waals surface area contributed by atoms with Gasteiger partial charge in [0, 0.05) is 0 Å². The summed E-state index contributed by atoms with van der Waals surface area (Å²) in [6, 6.07) is 32.8. The number of rotatable bonds is 7. The zero-order valence-corrected chi connectivity index (χ0v) is 15.2. The van der Waals surface area contributed by atoms with E-state index in [4.69, 9.17) is 0 Å². The second kappa shape index (κ2) is 8.65. The maximum absolute atomic E-state index is 2.27. The first-order chi connectivity index (χ1) is 11.4. The Labute approximate surface area is 144 Å². The van der Waals surface area contributed by atoms with E-state index in [1.807, 2.05) is 0 Å². The Hall–Kier alpha value is -1.91. The summed E-state index contributed by atoms with van der Waals surface area (Å²) in [5.74, 6) is 0. The van der Waals surface area contributed by atoms with Crippen LogP contribution in [0.2, 0.25) is 5.16 Å². The third kappa shape index (κ3) is 5.34. The van der Waals surface area contributed by atoms with E-state index in [0.717, 1.165) is 24.2 Å². The number of aryl methyl sites for hydroxylation is 1. The number of benzene rings is 3. The smallest absolute Gasteiger partial charge is 0.0642 e. The first-order valence-corrected chi connectivity index (χ1v) is 10.2. The summed E-state index contributed by atoms with van der Waals surface area (Å²) in [7, 11) is 1.77. The Morgan fingerprint density at radius 2 is 1.00 bits per heavy atom. The third-order valence-corrected chi connectivity index (χ3v) is 7.27. The molecule has 23 heavy (non-hydrogen) atoms. The van der Waals surface area contributed by atoms with Crippen LogP contribution in [0.15, 0.2) is 91.0 Å². The van der Waals surface area contributed by atoms with Gasteiger partial charge in [0.15, 0.2) is 0 Å². The van der Waals surface area contributed by atoms with Crippen molar-refractivity contribution >= 4 is 29.4 Å². The van der Waals surface area contributed by atoms with Gasteiger partial charge in [0.05, 0.1) is 19.0 Å². The van der Waals surface area contributed by atoms with Crippen LogP contribution >= 0.6 is 0 Å². The summed E-state index contributed by atoms with van der Waals surface area (Å²) in [4.78, 5) is 0. The monoisotopic (exact) mass is 328 g/mol. The highest BCUT2D eigenvalue weighted by Crippen LogP contribution is 2.13. The molecule has 0 aromatic heterocycles. The lowest BCUT2D eigenvalue weighted by atomic mass is 10.1. The summed E-state index contributed by atoms with van der Waals surface area (Å²) in [5, 5.41) is 3.70. The lowest BCUT2D eigenvalue weighted by Crippen LogP contribution is -2.29. The van der Waals surface area contributed by atoms with E-state index >= 15 is 0 Å². The van der Waals surface area contributed by atoms with E-state index in [0.29, 0.717) is 0 Å². The van der Waals surface area contributed by atoms with Gasteiger partial charge in [-0.05, 0) is 17.1 Å². The molecule has 0 N–H and O–H groups in total. The van der Waals surface area contributed by atoms with Crippen LogP contribution in [0.3, 0.4) is 0 Å². The molecule has 3 aromatic rings. The molecule has 0 bridgehead atoms. The third-order valence-electron chi connectivity index (χ3n) is 3.79. The molecule has 0 saturated carbocycles. The average molecular weight is 329 g/mol. The van der Waals surface area contributed by atoms with Crippen molar-refractivity contribution < 1.29 is 0 Å². The molecule has 0 unspecified atom stereocenters. The van der Waals surface area contributed by atoms with Gasteiger partial charge < -0.3 is 0 Å². The molecular weight excluding hydrogens is 308 g/mol. The molecule has 112 valence electrons. The van der Waals surface area contributed by atoms with Crippen LogP contribution in [0.4, 0.5) is 0 Å². The van der Waals surface area contributed by atoms with Crippen molar-refractivity contribution in [3.63, 3.8) is 0 Å². The minimum absolute atomic E-state index is 0.736. The quantitative estimate of drug-likeness (QED) is 0.583. The fourth-order valence-corrected chi connectivity index (χ4v) is 6.05. The van der Waals surface area contributed by atoms with E-state index in [2.05, 4.69) is 91.0 Å². The van der Waals surface area contributed by atoms with Gasteiger partial charge in [-0.25, -0.2) is 0 Å². The summed E-state index contributed by atoms with van der Waals surface area (Å²) in [5.41, 5.74) is 1.45. The number of hydrogen-bond acceptors (Lipinski definition) is 0. The lowest BCUT2D eigenvalue weighted by molar-refractivity contribution is 0.877. The van der Waals surface area contributed by atoms with Crippen molar-refractivity contribution in [2.75, 3.05) is 0 Å². The first kappa shape index (κ1) is 16.0. The second-order valence-corrected chi connectivity index (χ2v) is 9.30. The summed E-state index contributed by atoms with van der Waals surface area (Å²) in [6.07, 6.45) is 2.43. The topological polar surface area (TPSA) is 0 Å². The zero-order chi connectivity index (χ0) is 15.7. The summed E-state index contributed by atoms with van der Waals surface area (Å²) in [6.45, 7) is 0. The first-order valence-electron chi connectivity index (χ1n) is 8.07. The van der Waals surface area contributed by atoms with Gasteiger partial charge in [-0.1, -0.05) is 108 Å². The van der Waals surface area contributed by atoms with Gasteiger partial charge in [-0.15, -0.1) is 0 Å². The van der Waals surface area contributed by atoms with E-state index in [1.54, 1.807) is 0 Å². The van der Waals surface area contributed by atoms with Crippen LogP contribution in [0.5, 0.6) is 0 Å². The highest BCUT2D eigenvalue weighted by Gasteiger charge is 2.13. The molecule has 0 fully saturated rings. The van der Waals surface area contributed by atoms with Gasteiger partial charge in [-0.3, -0.25) is 0 Å². The van der Waals surface area contributed by atoms with Crippen LogP contribution in [0.25, 0.3) is 0 Å². The molecule has 0 aliphatic carbocycles. The molecular formula is C21H20Si2. The van der Waals surface area contributed by atoms with E-state index in [-0.39, 0.29) is 0 Å². The lowest BCUT2D eigenvalue weighted by Gasteiger charge is -2.15. The normalized spacial score (nSPS) is 10.8. The molecule has 3 rings (SSSR count). The average Bonchev–Trinajstić information content (AvgIpc) is 2.62. The summed E-state index contributed by atoms with van der Waals surface area (Å²) < 4.78 is 0. The second-order valence-electron chi connectivity index (χ2n) is 5.60. The van der Waals surface area contributed by atoms with Crippen LogP contribution in [0, 0.1) is 0 Å². The molecule has 0 aliphatic rings. The van der Waals surface area contributed by atoms with E-state index in [1.165, 1.54) is 28.8 Å². The highest BCUT2D eigenvalue weighted by atomic mass is 28.3. The van der Waals surface area contributed by atoms with Gasteiger partial charge in [0.1, 0.15) is 0 Å². The van der Waals surface area contributed by atoms with Gasteiger partial charge in [0.25, 0.3) is 0 Å². The van der Waals surface area contributed by atoms with Crippen molar-refractivity contribution in [3.8, 4) is 0 Å². The SMILES string of the molecule is c1ccc(CCC([Si]c2ccccc2)[Si]c2ccccc2)cc1. The van der Waals surface area contributed by atoms with Crippen molar-refractivity contribution in [3.05, 3.63) is 96.6 Å². The van der Waals surface area contributed by atoms with Crippen LogP contribution in [-0.2, 0) is 6.42 Å². The molecule has 0 heterocycles. The van der Waals surface area contributed by atoms with Gasteiger partial charge in [-0.2, -0.15) is 0 Å². The molecule has 0 spiro atoms. The highest BCUT2D eigenvalue weighted by molar-refractivity contribution is 6.73. The van der Waals surface area contributed by atoms with Gasteiger partial charge in [0.2, 0.25) is 0 Å². The molecule has 3 aromatic carbocycles. The van der Waals surface area contributed by atoms with Crippen LogP contribution in [-0.4, -0.2) is 19.0 Å². The molecule has 0 amide bonds. The molecule has 0 aliphatic heterocycles. The molecule has 2 heteroatoms. The van der Waals surface area contributed by atoms with Crippen LogP contribution in [0.1, 0.15) is 12.0 Å². The predicted octanol–water partition coefficient (Wildman–Crippen LogP) is 3.42. The fourth-order valence-electron chi connectivity index (χ4n) is 2.61. The standard InChI is InChI=1S/C21H20Si2/c1-4-10-18(11-5-1)16-17-21(22-19-12-6-2-7-13-19)23-20-14-8-3-9-15-20/h1-15,21H,16-17H2. The van der Waals surface area contributed by atoms with E-state index < -0.39 is 0 Å². The maximum atomic E-state index is 2.27. The Balaban J connectivity index is 1.67. The van der Waals surface area contributed by atoms with Crippen molar-refractivity contribution in [2.24, 2.45) is 0 Å². The minimum Gasteiger partial charge on any atom is -0.0642 e. The summed E-state index contributed by atoms with van der Waals surface area (Å²) >= 11 is 0. The zero-order valence-electron chi connectivity index (χ0n) is 13.2. The largest absolute Gasteiger partial charge is 0.0811 e. The predicted molar refractivity (Wildman–Crippen MR) is 102 cm³/mol. The Morgan fingerprint density at radius 1 is 0.565 bits per heavy atom. The molecule has 4 radical (unpaired) electrons. The van der Waals surface area contributed by atoms with Crippen LogP contribution < -0.4 is 10.4 Å². The van der Waals surface area contributed by atoms with Gasteiger partial charge >= 0.3 is 0 Å². The maximum Gasteiger partial charge on any atom is 0.0811 e. The molecule has 0 saturated heterocycles.